The number of amides is 1. The second-order valence-electron chi connectivity index (χ2n) is 3.96. The molecule has 6 heteroatoms. The molecule has 0 bridgehead atoms. The van der Waals surface area contributed by atoms with Gasteiger partial charge in [-0.15, -0.1) is 0 Å². The van der Waals surface area contributed by atoms with E-state index in [0.717, 1.165) is 24.2 Å². The van der Waals surface area contributed by atoms with E-state index in [1.165, 1.54) is 6.33 Å². The van der Waals surface area contributed by atoms with Crippen molar-refractivity contribution in [3.05, 3.63) is 41.7 Å². The van der Waals surface area contributed by atoms with Gasteiger partial charge in [0.15, 0.2) is 0 Å². The summed E-state index contributed by atoms with van der Waals surface area (Å²) in [5, 5.41) is 9.38. The molecule has 0 unspecified atom stereocenters. The molecule has 0 radical (unpaired) electrons. The molecule has 0 aliphatic rings. The van der Waals surface area contributed by atoms with Crippen molar-refractivity contribution >= 4 is 5.91 Å². The number of nitrogens with zero attached hydrogens (tertiary/aromatic N) is 3. The third-order valence-corrected chi connectivity index (χ3v) is 2.57. The maximum atomic E-state index is 11.8. The Morgan fingerprint density at radius 3 is 3.06 bits per heavy atom. The highest BCUT2D eigenvalue weighted by molar-refractivity contribution is 5.93. The molecule has 0 aliphatic heterocycles. The van der Waals surface area contributed by atoms with Crippen LogP contribution in [-0.4, -0.2) is 32.6 Å². The monoisotopic (exact) mass is 245 g/mol. The van der Waals surface area contributed by atoms with E-state index in [4.69, 9.17) is 0 Å². The second-order valence-corrected chi connectivity index (χ2v) is 3.96. The minimum atomic E-state index is -0.134. The normalized spacial score (nSPS) is 10.3. The Labute approximate surface area is 105 Å². The summed E-state index contributed by atoms with van der Waals surface area (Å²) in [6.07, 6.45) is 4.68. The van der Waals surface area contributed by atoms with Gasteiger partial charge in [-0.1, -0.05) is 6.07 Å². The van der Waals surface area contributed by atoms with Crippen molar-refractivity contribution in [2.45, 2.75) is 19.8 Å². The van der Waals surface area contributed by atoms with Crippen LogP contribution in [0.3, 0.4) is 0 Å². The first-order chi connectivity index (χ1) is 8.77. The molecule has 0 atom stereocenters. The number of pyridine rings is 1. The van der Waals surface area contributed by atoms with Gasteiger partial charge in [-0.25, -0.2) is 4.98 Å². The van der Waals surface area contributed by atoms with E-state index in [0.29, 0.717) is 12.2 Å². The second kappa shape index (κ2) is 5.90. The summed E-state index contributed by atoms with van der Waals surface area (Å²) in [6.45, 7) is 2.46. The van der Waals surface area contributed by atoms with Gasteiger partial charge < -0.3 is 5.32 Å². The third-order valence-electron chi connectivity index (χ3n) is 2.57. The Kier molecular flexibility index (Phi) is 4.01. The van der Waals surface area contributed by atoms with Gasteiger partial charge in [0, 0.05) is 19.2 Å². The maximum absolute atomic E-state index is 11.8. The summed E-state index contributed by atoms with van der Waals surface area (Å²) in [6, 6.07) is 3.69. The zero-order chi connectivity index (χ0) is 12.8. The van der Waals surface area contributed by atoms with Gasteiger partial charge in [0.1, 0.15) is 17.8 Å². The lowest BCUT2D eigenvalue weighted by molar-refractivity contribution is 0.0947. The summed E-state index contributed by atoms with van der Waals surface area (Å²) in [4.78, 5) is 19.9. The molecule has 0 aromatic carbocycles. The Morgan fingerprint density at radius 2 is 2.33 bits per heavy atom. The van der Waals surface area contributed by atoms with Gasteiger partial charge >= 0.3 is 0 Å². The number of carbonyl (C=O) groups is 1. The average molecular weight is 245 g/mol. The molecule has 0 saturated carbocycles. The minimum Gasteiger partial charge on any atom is -0.351 e. The molecule has 2 rings (SSSR count). The molecule has 94 valence electrons. The first kappa shape index (κ1) is 12.2. The number of hydrogen-bond acceptors (Lipinski definition) is 4. The fourth-order valence-electron chi connectivity index (χ4n) is 1.62. The van der Waals surface area contributed by atoms with E-state index in [1.807, 2.05) is 19.1 Å². The van der Waals surface area contributed by atoms with Crippen LogP contribution < -0.4 is 5.32 Å². The van der Waals surface area contributed by atoms with Crippen molar-refractivity contribution in [2.75, 3.05) is 6.54 Å². The lowest BCUT2D eigenvalue weighted by atomic mass is 10.2. The zero-order valence-corrected chi connectivity index (χ0v) is 10.2. The van der Waals surface area contributed by atoms with Gasteiger partial charge in [0.25, 0.3) is 5.91 Å². The number of aryl methyl sites for hydroxylation is 2. The molecule has 0 aliphatic carbocycles. The summed E-state index contributed by atoms with van der Waals surface area (Å²) < 4.78 is 0. The number of aromatic amines is 1. The molecule has 2 aromatic heterocycles. The number of nitrogens with one attached hydrogen (secondary N) is 2. The Bertz CT molecular complexity index is 509. The Hall–Kier alpha value is -2.24. The van der Waals surface area contributed by atoms with Crippen LogP contribution in [0.25, 0.3) is 0 Å². The van der Waals surface area contributed by atoms with Gasteiger partial charge in [0.05, 0.1) is 0 Å². The largest absolute Gasteiger partial charge is 0.351 e. The highest BCUT2D eigenvalue weighted by Crippen LogP contribution is 2.02. The fraction of sp³-hybridized carbons (Fsp3) is 0.333. The van der Waals surface area contributed by atoms with Crippen LogP contribution in [0.2, 0.25) is 0 Å². The molecule has 0 saturated heterocycles. The van der Waals surface area contributed by atoms with Crippen LogP contribution in [0.5, 0.6) is 0 Å². The van der Waals surface area contributed by atoms with Crippen LogP contribution in [0, 0.1) is 6.92 Å². The van der Waals surface area contributed by atoms with E-state index in [-0.39, 0.29) is 5.91 Å². The average Bonchev–Trinajstić information content (AvgIpc) is 2.88. The summed E-state index contributed by atoms with van der Waals surface area (Å²) in [5.41, 5.74) is 1.36. The Morgan fingerprint density at radius 1 is 1.44 bits per heavy atom. The number of carbonyl (C=O) groups excluding carboxylic acids is 1. The molecular weight excluding hydrogens is 230 g/mol. The van der Waals surface area contributed by atoms with E-state index in [2.05, 4.69) is 25.5 Å². The lowest BCUT2D eigenvalue weighted by Crippen LogP contribution is -2.26. The van der Waals surface area contributed by atoms with Crippen molar-refractivity contribution in [2.24, 2.45) is 0 Å². The maximum Gasteiger partial charge on any atom is 0.270 e. The standard InChI is InChI=1S/C12H15N5O/c1-9-4-2-6-13-11(9)12(18)14-7-3-5-10-15-8-16-17-10/h2,4,6,8H,3,5,7H2,1H3,(H,14,18)(H,15,16,17). The van der Waals surface area contributed by atoms with Crippen LogP contribution in [0.1, 0.15) is 28.3 Å². The minimum absolute atomic E-state index is 0.134. The lowest BCUT2D eigenvalue weighted by Gasteiger charge is -2.05. The van der Waals surface area contributed by atoms with E-state index in [9.17, 15) is 4.79 Å². The molecule has 0 fully saturated rings. The van der Waals surface area contributed by atoms with E-state index < -0.39 is 0 Å². The van der Waals surface area contributed by atoms with E-state index in [1.54, 1.807) is 6.20 Å². The molecule has 0 spiro atoms. The van der Waals surface area contributed by atoms with Crippen LogP contribution in [0.15, 0.2) is 24.7 Å². The highest BCUT2D eigenvalue weighted by Gasteiger charge is 2.08. The first-order valence-electron chi connectivity index (χ1n) is 5.81. The third kappa shape index (κ3) is 3.13. The van der Waals surface area contributed by atoms with Gasteiger partial charge in [-0.2, -0.15) is 5.10 Å². The smallest absolute Gasteiger partial charge is 0.270 e. The predicted octanol–water partition coefficient (Wildman–Crippen LogP) is 0.871. The summed E-state index contributed by atoms with van der Waals surface area (Å²) in [5.74, 6) is 0.698. The van der Waals surface area contributed by atoms with Gasteiger partial charge in [0.2, 0.25) is 0 Å². The topological polar surface area (TPSA) is 83.6 Å². The molecule has 6 nitrogen and oxygen atoms in total. The number of H-pyrrole nitrogens is 1. The quantitative estimate of drug-likeness (QED) is 0.766. The van der Waals surface area contributed by atoms with Crippen LogP contribution in [-0.2, 0) is 6.42 Å². The summed E-state index contributed by atoms with van der Waals surface area (Å²) >= 11 is 0. The van der Waals surface area contributed by atoms with Gasteiger partial charge in [-0.05, 0) is 25.0 Å². The molecule has 2 aromatic rings. The number of aromatic nitrogens is 4. The van der Waals surface area contributed by atoms with Crippen LogP contribution in [0.4, 0.5) is 0 Å². The number of rotatable bonds is 5. The molecule has 2 heterocycles. The van der Waals surface area contributed by atoms with Crippen LogP contribution >= 0.6 is 0 Å². The predicted molar refractivity (Wildman–Crippen MR) is 66.0 cm³/mol. The van der Waals surface area contributed by atoms with Crippen molar-refractivity contribution < 1.29 is 4.79 Å². The van der Waals surface area contributed by atoms with E-state index >= 15 is 0 Å². The van der Waals surface area contributed by atoms with Crippen molar-refractivity contribution in [3.8, 4) is 0 Å². The molecular formula is C12H15N5O. The zero-order valence-electron chi connectivity index (χ0n) is 10.2. The van der Waals surface area contributed by atoms with Gasteiger partial charge in [-0.3, -0.25) is 14.9 Å². The molecule has 2 N–H and O–H groups in total. The molecule has 18 heavy (non-hydrogen) atoms. The number of hydrogen-bond donors (Lipinski definition) is 2. The van der Waals surface area contributed by atoms with Crippen molar-refractivity contribution in [3.63, 3.8) is 0 Å². The fourth-order valence-corrected chi connectivity index (χ4v) is 1.62. The van der Waals surface area contributed by atoms with Crippen molar-refractivity contribution in [1.82, 2.24) is 25.5 Å². The van der Waals surface area contributed by atoms with Crippen molar-refractivity contribution in [1.29, 1.82) is 0 Å². The molecule has 1 amide bonds. The highest BCUT2D eigenvalue weighted by atomic mass is 16.1. The summed E-state index contributed by atoms with van der Waals surface area (Å²) in [7, 11) is 0. The Balaban J connectivity index is 1.77. The first-order valence-corrected chi connectivity index (χ1v) is 5.81. The SMILES string of the molecule is Cc1cccnc1C(=O)NCCCc1ncn[nH]1.